The number of alkyl halides is 3. The van der Waals surface area contributed by atoms with Gasteiger partial charge in [-0.1, -0.05) is 19.9 Å². The molecule has 102 valence electrons. The molecule has 1 aromatic carbocycles. The third-order valence-corrected chi connectivity index (χ3v) is 2.56. The minimum Gasteiger partial charge on any atom is -0.377 e. The van der Waals surface area contributed by atoms with Gasteiger partial charge in [0.25, 0.3) is 0 Å². The lowest BCUT2D eigenvalue weighted by Crippen LogP contribution is -2.22. The number of anilines is 1. The van der Waals surface area contributed by atoms with Gasteiger partial charge in [0.15, 0.2) is 0 Å². The Morgan fingerprint density at radius 2 is 1.83 bits per heavy atom. The molecule has 1 N–H and O–H groups in total. The van der Waals surface area contributed by atoms with Crippen LogP contribution in [0.3, 0.4) is 0 Å². The van der Waals surface area contributed by atoms with E-state index in [1.165, 1.54) is 17.0 Å². The quantitative estimate of drug-likeness (QED) is 0.893. The van der Waals surface area contributed by atoms with Crippen molar-refractivity contribution >= 4 is 5.69 Å². The molecule has 0 spiro atoms. The van der Waals surface area contributed by atoms with E-state index in [1.807, 2.05) is 13.8 Å². The van der Waals surface area contributed by atoms with E-state index in [9.17, 15) is 13.2 Å². The van der Waals surface area contributed by atoms with E-state index in [2.05, 4.69) is 5.32 Å². The van der Waals surface area contributed by atoms with E-state index in [4.69, 9.17) is 0 Å². The monoisotopic (exact) mass is 260 g/mol. The van der Waals surface area contributed by atoms with Crippen LogP contribution in [0.2, 0.25) is 0 Å². The van der Waals surface area contributed by atoms with Crippen molar-refractivity contribution in [3.05, 3.63) is 29.3 Å². The molecule has 0 atom stereocenters. The van der Waals surface area contributed by atoms with E-state index in [0.717, 1.165) is 0 Å². The molecule has 0 radical (unpaired) electrons. The molecule has 0 heterocycles. The molecule has 0 aromatic heterocycles. The summed E-state index contributed by atoms with van der Waals surface area (Å²) in [4.78, 5) is 1.47. The second kappa shape index (κ2) is 5.61. The largest absolute Gasteiger partial charge is 0.418 e. The van der Waals surface area contributed by atoms with Gasteiger partial charge in [-0.2, -0.15) is 13.2 Å². The van der Waals surface area contributed by atoms with E-state index in [-0.39, 0.29) is 11.7 Å². The van der Waals surface area contributed by atoms with Gasteiger partial charge in [-0.25, -0.2) is 0 Å². The lowest BCUT2D eigenvalue weighted by Gasteiger charge is -2.20. The molecule has 5 heteroatoms. The molecule has 18 heavy (non-hydrogen) atoms. The molecule has 0 bridgehead atoms. The number of hydrogen-bond donors (Lipinski definition) is 1. The summed E-state index contributed by atoms with van der Waals surface area (Å²) in [6.07, 6.45) is -4.33. The molecule has 0 amide bonds. The summed E-state index contributed by atoms with van der Waals surface area (Å²) in [6, 6.07) is 4.69. The number of benzene rings is 1. The van der Waals surface area contributed by atoms with Crippen LogP contribution in [0.1, 0.15) is 25.0 Å². The normalized spacial score (nSPS) is 12.0. The molecular weight excluding hydrogens is 241 g/mol. The average Bonchev–Trinajstić information content (AvgIpc) is 2.24. The Morgan fingerprint density at radius 3 is 2.28 bits per heavy atom. The highest BCUT2D eigenvalue weighted by molar-refractivity contribution is 5.55. The number of nitrogens with one attached hydrogen (secondary N) is 1. The highest BCUT2D eigenvalue weighted by Gasteiger charge is 2.34. The fourth-order valence-corrected chi connectivity index (χ4v) is 1.63. The van der Waals surface area contributed by atoms with Crippen molar-refractivity contribution in [1.82, 2.24) is 5.32 Å². The maximum atomic E-state index is 12.9. The van der Waals surface area contributed by atoms with Crippen LogP contribution in [-0.4, -0.2) is 20.1 Å². The number of hydrogen-bond acceptors (Lipinski definition) is 2. The zero-order valence-electron chi connectivity index (χ0n) is 11.1. The zero-order valence-corrected chi connectivity index (χ0v) is 11.1. The Morgan fingerprint density at radius 1 is 1.22 bits per heavy atom. The van der Waals surface area contributed by atoms with Crippen molar-refractivity contribution in [2.24, 2.45) is 0 Å². The van der Waals surface area contributed by atoms with Gasteiger partial charge in [0.2, 0.25) is 0 Å². The minimum atomic E-state index is -4.33. The third-order valence-electron chi connectivity index (χ3n) is 2.56. The second-order valence-corrected chi connectivity index (χ2v) is 4.78. The Balaban J connectivity index is 3.06. The highest BCUT2D eigenvalue weighted by atomic mass is 19.4. The van der Waals surface area contributed by atoms with E-state index in [1.54, 1.807) is 20.2 Å². The highest BCUT2D eigenvalue weighted by Crippen LogP contribution is 2.36. The van der Waals surface area contributed by atoms with Crippen LogP contribution in [0.15, 0.2) is 18.2 Å². The van der Waals surface area contributed by atoms with Gasteiger partial charge in [-0.05, 0) is 17.7 Å². The number of halogens is 3. The van der Waals surface area contributed by atoms with Crippen LogP contribution >= 0.6 is 0 Å². The van der Waals surface area contributed by atoms with Gasteiger partial charge in [-0.3, -0.25) is 0 Å². The minimum absolute atomic E-state index is 0.191. The first-order chi connectivity index (χ1) is 8.21. The van der Waals surface area contributed by atoms with Crippen LogP contribution < -0.4 is 10.2 Å². The summed E-state index contributed by atoms with van der Waals surface area (Å²) >= 11 is 0. The lowest BCUT2D eigenvalue weighted by molar-refractivity contribution is -0.137. The maximum absolute atomic E-state index is 12.9. The van der Waals surface area contributed by atoms with Crippen LogP contribution in [0.25, 0.3) is 0 Å². The van der Waals surface area contributed by atoms with Gasteiger partial charge in [0, 0.05) is 32.4 Å². The summed E-state index contributed by atoms with van der Waals surface area (Å²) in [7, 11) is 3.22. The van der Waals surface area contributed by atoms with Crippen LogP contribution in [0, 0.1) is 0 Å². The van der Waals surface area contributed by atoms with Crippen LogP contribution in [0.4, 0.5) is 18.9 Å². The third kappa shape index (κ3) is 3.91. The molecule has 1 rings (SSSR count). The standard InChI is InChI=1S/C13H19F3N2/c1-9(2)17-8-10-5-6-12(18(3)4)11(7-10)13(14,15)16/h5-7,9,17H,8H2,1-4H3. The summed E-state index contributed by atoms with van der Waals surface area (Å²) in [6.45, 7) is 4.35. The molecule has 2 nitrogen and oxygen atoms in total. The van der Waals surface area contributed by atoms with Gasteiger partial charge in [0.05, 0.1) is 5.56 Å². The Kier molecular flexibility index (Phi) is 4.62. The number of rotatable bonds is 4. The molecule has 1 aromatic rings. The molecule has 0 aliphatic rings. The Hall–Kier alpha value is -1.23. The molecule has 0 saturated carbocycles. The first kappa shape index (κ1) is 14.8. The van der Waals surface area contributed by atoms with E-state index in [0.29, 0.717) is 12.1 Å². The van der Waals surface area contributed by atoms with E-state index < -0.39 is 11.7 Å². The lowest BCUT2D eigenvalue weighted by atomic mass is 10.1. The van der Waals surface area contributed by atoms with Gasteiger partial charge < -0.3 is 10.2 Å². The van der Waals surface area contributed by atoms with E-state index >= 15 is 0 Å². The van der Waals surface area contributed by atoms with Crippen LogP contribution in [0.5, 0.6) is 0 Å². The van der Waals surface area contributed by atoms with Crippen molar-refractivity contribution in [3.63, 3.8) is 0 Å². The molecular formula is C13H19F3N2. The molecule has 0 aliphatic carbocycles. The first-order valence-corrected chi connectivity index (χ1v) is 5.82. The Labute approximate surface area is 106 Å². The first-order valence-electron chi connectivity index (χ1n) is 5.82. The van der Waals surface area contributed by atoms with Crippen molar-refractivity contribution < 1.29 is 13.2 Å². The summed E-state index contributed by atoms with van der Waals surface area (Å²) in [5, 5.41) is 3.11. The zero-order chi connectivity index (χ0) is 13.9. The topological polar surface area (TPSA) is 15.3 Å². The van der Waals surface area contributed by atoms with Gasteiger partial charge in [0.1, 0.15) is 0 Å². The van der Waals surface area contributed by atoms with Gasteiger partial charge >= 0.3 is 6.18 Å². The molecule has 0 fully saturated rings. The van der Waals surface area contributed by atoms with Crippen molar-refractivity contribution in [2.75, 3.05) is 19.0 Å². The SMILES string of the molecule is CC(C)NCc1ccc(N(C)C)c(C(F)(F)F)c1. The average molecular weight is 260 g/mol. The van der Waals surface area contributed by atoms with Gasteiger partial charge in [-0.15, -0.1) is 0 Å². The maximum Gasteiger partial charge on any atom is 0.418 e. The fraction of sp³-hybridized carbons (Fsp3) is 0.538. The summed E-state index contributed by atoms with van der Waals surface area (Å²) in [5.41, 5.74) is 0.243. The summed E-state index contributed by atoms with van der Waals surface area (Å²) < 4.78 is 38.8. The van der Waals surface area contributed by atoms with Crippen molar-refractivity contribution in [1.29, 1.82) is 0 Å². The molecule has 0 saturated heterocycles. The number of nitrogens with zero attached hydrogens (tertiary/aromatic N) is 1. The summed E-state index contributed by atoms with van der Waals surface area (Å²) in [5.74, 6) is 0. The predicted molar refractivity (Wildman–Crippen MR) is 67.7 cm³/mol. The fourth-order valence-electron chi connectivity index (χ4n) is 1.63. The molecule has 0 unspecified atom stereocenters. The smallest absolute Gasteiger partial charge is 0.377 e. The van der Waals surface area contributed by atoms with Crippen molar-refractivity contribution in [3.8, 4) is 0 Å². The second-order valence-electron chi connectivity index (χ2n) is 4.78. The molecule has 0 aliphatic heterocycles. The van der Waals surface area contributed by atoms with Crippen LogP contribution in [-0.2, 0) is 12.7 Å². The van der Waals surface area contributed by atoms with Crippen molar-refractivity contribution in [2.45, 2.75) is 32.6 Å². The predicted octanol–water partition coefficient (Wildman–Crippen LogP) is 3.27. The Bertz CT molecular complexity index is 398.